The second-order valence-electron chi connectivity index (χ2n) is 4.06. The van der Waals surface area contributed by atoms with Crippen LogP contribution in [0, 0.1) is 0 Å². The summed E-state index contributed by atoms with van der Waals surface area (Å²) in [5.74, 6) is 0. The first-order chi connectivity index (χ1) is 6.71. The summed E-state index contributed by atoms with van der Waals surface area (Å²) in [5.41, 5.74) is -1.20. The highest BCUT2D eigenvalue weighted by molar-refractivity contribution is 7.10. The van der Waals surface area contributed by atoms with Gasteiger partial charge >= 0.3 is 0 Å². The number of halogens is 1. The fourth-order valence-electron chi connectivity index (χ4n) is 2.04. The standard InChI is InChI=1S/C11H16FNS/c1-11(12,10-6-4-8-14-10)9-5-2-3-7-13-9/h4,6,8-9,13H,2-3,5,7H2,1H3. The summed E-state index contributed by atoms with van der Waals surface area (Å²) < 4.78 is 14.5. The Hall–Kier alpha value is -0.410. The molecule has 14 heavy (non-hydrogen) atoms. The van der Waals surface area contributed by atoms with Crippen molar-refractivity contribution in [3.63, 3.8) is 0 Å². The Balaban J connectivity index is 2.14. The van der Waals surface area contributed by atoms with Crippen LogP contribution >= 0.6 is 11.3 Å². The summed E-state index contributed by atoms with van der Waals surface area (Å²) in [4.78, 5) is 0.844. The van der Waals surface area contributed by atoms with Crippen LogP contribution < -0.4 is 5.32 Å². The first-order valence-electron chi connectivity index (χ1n) is 5.17. The van der Waals surface area contributed by atoms with E-state index in [4.69, 9.17) is 0 Å². The zero-order chi connectivity index (χ0) is 10.0. The summed E-state index contributed by atoms with van der Waals surface area (Å²) >= 11 is 1.51. The van der Waals surface area contributed by atoms with Crippen molar-refractivity contribution in [3.05, 3.63) is 22.4 Å². The highest BCUT2D eigenvalue weighted by Gasteiger charge is 2.37. The number of thiophene rings is 1. The van der Waals surface area contributed by atoms with Crippen molar-refractivity contribution in [2.45, 2.75) is 37.9 Å². The molecule has 1 aliphatic heterocycles. The molecular weight excluding hydrogens is 197 g/mol. The second kappa shape index (κ2) is 3.99. The van der Waals surface area contributed by atoms with Crippen molar-refractivity contribution in [1.82, 2.24) is 5.32 Å². The van der Waals surface area contributed by atoms with Crippen molar-refractivity contribution in [1.29, 1.82) is 0 Å². The van der Waals surface area contributed by atoms with Gasteiger partial charge in [-0.1, -0.05) is 12.5 Å². The number of piperidine rings is 1. The second-order valence-corrected chi connectivity index (χ2v) is 5.00. The van der Waals surface area contributed by atoms with Crippen LogP contribution in [-0.2, 0) is 5.67 Å². The van der Waals surface area contributed by atoms with Crippen LogP contribution in [0.5, 0.6) is 0 Å². The molecule has 2 heterocycles. The summed E-state index contributed by atoms with van der Waals surface area (Å²) in [6, 6.07) is 3.80. The van der Waals surface area contributed by atoms with Gasteiger partial charge in [0.15, 0.2) is 5.67 Å². The predicted octanol–water partition coefficient (Wildman–Crippen LogP) is 3.07. The third kappa shape index (κ3) is 1.84. The average Bonchev–Trinajstić information content (AvgIpc) is 2.72. The molecule has 78 valence electrons. The lowest BCUT2D eigenvalue weighted by atomic mass is 9.90. The third-order valence-electron chi connectivity index (χ3n) is 2.97. The van der Waals surface area contributed by atoms with E-state index in [9.17, 15) is 4.39 Å². The zero-order valence-electron chi connectivity index (χ0n) is 8.42. The Morgan fingerprint density at radius 3 is 3.00 bits per heavy atom. The number of alkyl halides is 1. The van der Waals surface area contributed by atoms with E-state index in [0.29, 0.717) is 0 Å². The molecule has 1 aliphatic rings. The molecule has 0 amide bonds. The number of hydrogen-bond acceptors (Lipinski definition) is 2. The Morgan fingerprint density at radius 1 is 1.57 bits per heavy atom. The SMILES string of the molecule is CC(F)(c1cccs1)C1CCCCN1. The van der Waals surface area contributed by atoms with Crippen LogP contribution in [0.25, 0.3) is 0 Å². The van der Waals surface area contributed by atoms with Gasteiger partial charge in [-0.3, -0.25) is 0 Å². The summed E-state index contributed by atoms with van der Waals surface area (Å²) in [5, 5.41) is 5.22. The van der Waals surface area contributed by atoms with Crippen LogP contribution in [0.3, 0.4) is 0 Å². The Bertz CT molecular complexity index is 275. The van der Waals surface area contributed by atoms with E-state index >= 15 is 0 Å². The van der Waals surface area contributed by atoms with Gasteiger partial charge in [-0.05, 0) is 37.8 Å². The van der Waals surface area contributed by atoms with Crippen LogP contribution in [0.4, 0.5) is 4.39 Å². The lowest BCUT2D eigenvalue weighted by Crippen LogP contribution is -2.46. The lowest BCUT2D eigenvalue weighted by Gasteiger charge is -2.33. The maximum Gasteiger partial charge on any atom is 0.157 e. The molecule has 3 heteroatoms. The summed E-state index contributed by atoms with van der Waals surface area (Å²) in [6.45, 7) is 2.65. The van der Waals surface area contributed by atoms with Gasteiger partial charge in [0.1, 0.15) is 0 Å². The maximum atomic E-state index is 14.5. The van der Waals surface area contributed by atoms with Crippen molar-refractivity contribution < 1.29 is 4.39 Å². The van der Waals surface area contributed by atoms with Crippen LogP contribution in [0.2, 0.25) is 0 Å². The topological polar surface area (TPSA) is 12.0 Å². The van der Waals surface area contributed by atoms with Gasteiger partial charge in [0.05, 0.1) is 0 Å². The normalized spacial score (nSPS) is 27.1. The minimum atomic E-state index is -1.20. The highest BCUT2D eigenvalue weighted by Crippen LogP contribution is 2.35. The first kappa shape index (κ1) is 10.1. The predicted molar refractivity (Wildman–Crippen MR) is 58.4 cm³/mol. The van der Waals surface area contributed by atoms with E-state index in [-0.39, 0.29) is 6.04 Å². The molecule has 0 radical (unpaired) electrons. The lowest BCUT2D eigenvalue weighted by molar-refractivity contribution is 0.111. The molecule has 1 nitrogen and oxygen atoms in total. The summed E-state index contributed by atoms with van der Waals surface area (Å²) in [6.07, 6.45) is 3.27. The van der Waals surface area contributed by atoms with Crippen molar-refractivity contribution in [2.75, 3.05) is 6.54 Å². The molecule has 0 aromatic carbocycles. The van der Waals surface area contributed by atoms with Gasteiger partial charge in [0.2, 0.25) is 0 Å². The minimum Gasteiger partial charge on any atom is -0.311 e. The van der Waals surface area contributed by atoms with Crippen molar-refractivity contribution >= 4 is 11.3 Å². The molecule has 1 N–H and O–H groups in total. The van der Waals surface area contributed by atoms with E-state index < -0.39 is 5.67 Å². The van der Waals surface area contributed by atoms with Gasteiger partial charge in [-0.15, -0.1) is 11.3 Å². The highest BCUT2D eigenvalue weighted by atomic mass is 32.1. The molecule has 1 aromatic rings. The molecule has 2 atom stereocenters. The average molecular weight is 213 g/mol. The Morgan fingerprint density at radius 2 is 2.43 bits per heavy atom. The smallest absolute Gasteiger partial charge is 0.157 e. The van der Waals surface area contributed by atoms with E-state index in [2.05, 4.69) is 5.32 Å². The van der Waals surface area contributed by atoms with Crippen LogP contribution in [-0.4, -0.2) is 12.6 Å². The number of hydrogen-bond donors (Lipinski definition) is 1. The molecular formula is C11H16FNS. The number of rotatable bonds is 2. The van der Waals surface area contributed by atoms with Crippen LogP contribution in [0.15, 0.2) is 17.5 Å². The quantitative estimate of drug-likeness (QED) is 0.796. The fourth-order valence-corrected chi connectivity index (χ4v) is 2.88. The van der Waals surface area contributed by atoms with Gasteiger partial charge in [0, 0.05) is 10.9 Å². The van der Waals surface area contributed by atoms with Gasteiger partial charge in [0.25, 0.3) is 0 Å². The molecule has 1 fully saturated rings. The Labute approximate surface area is 88.3 Å². The molecule has 0 saturated carbocycles. The summed E-state index contributed by atoms with van der Waals surface area (Å²) in [7, 11) is 0. The molecule has 0 spiro atoms. The van der Waals surface area contributed by atoms with E-state index in [1.165, 1.54) is 17.8 Å². The molecule has 1 saturated heterocycles. The van der Waals surface area contributed by atoms with Crippen molar-refractivity contribution in [3.8, 4) is 0 Å². The van der Waals surface area contributed by atoms with Gasteiger partial charge in [-0.2, -0.15) is 0 Å². The third-order valence-corrected chi connectivity index (χ3v) is 4.05. The van der Waals surface area contributed by atoms with Gasteiger partial charge in [-0.25, -0.2) is 4.39 Å². The molecule has 0 bridgehead atoms. The van der Waals surface area contributed by atoms with Gasteiger partial charge < -0.3 is 5.32 Å². The molecule has 0 aliphatic carbocycles. The first-order valence-corrected chi connectivity index (χ1v) is 6.05. The largest absolute Gasteiger partial charge is 0.311 e. The Kier molecular flexibility index (Phi) is 2.88. The molecule has 2 rings (SSSR count). The zero-order valence-corrected chi connectivity index (χ0v) is 9.24. The maximum absolute atomic E-state index is 14.5. The monoisotopic (exact) mass is 213 g/mol. The number of nitrogens with one attached hydrogen (secondary N) is 1. The van der Waals surface area contributed by atoms with E-state index in [1.807, 2.05) is 17.5 Å². The van der Waals surface area contributed by atoms with E-state index in [0.717, 1.165) is 24.3 Å². The van der Waals surface area contributed by atoms with E-state index in [1.54, 1.807) is 6.92 Å². The molecule has 2 unspecified atom stereocenters. The van der Waals surface area contributed by atoms with Crippen LogP contribution in [0.1, 0.15) is 31.1 Å². The molecule has 1 aromatic heterocycles. The fraction of sp³-hybridized carbons (Fsp3) is 0.636. The van der Waals surface area contributed by atoms with Crippen molar-refractivity contribution in [2.24, 2.45) is 0 Å². The minimum absolute atomic E-state index is 0.00472.